The van der Waals surface area contributed by atoms with Crippen LogP contribution in [0.15, 0.2) is 0 Å². The minimum absolute atomic E-state index is 0. The minimum atomic E-state index is -0.729. The molecule has 0 aliphatic carbocycles. The van der Waals surface area contributed by atoms with Gasteiger partial charge in [0.15, 0.2) is 0 Å². The van der Waals surface area contributed by atoms with Crippen LogP contribution in [0.5, 0.6) is 0 Å². The molecule has 8 nitrogen and oxygen atoms in total. The number of epoxide rings is 2. The molecule has 0 aromatic heterocycles. The van der Waals surface area contributed by atoms with Gasteiger partial charge in [-0.1, -0.05) is 97.8 Å². The van der Waals surface area contributed by atoms with Gasteiger partial charge >= 0.3 is 0 Å². The molecule has 6 atom stereocenters. The van der Waals surface area contributed by atoms with Crippen molar-refractivity contribution in [3.8, 4) is 0 Å². The summed E-state index contributed by atoms with van der Waals surface area (Å²) in [6, 6.07) is 0. The molecule has 0 saturated carbocycles. The lowest BCUT2D eigenvalue weighted by Crippen LogP contribution is -2.22. The van der Waals surface area contributed by atoms with Gasteiger partial charge in [-0.3, -0.25) is 0 Å². The first kappa shape index (κ1) is 46.4. The number of aliphatic hydroxyl groups is 3. The second-order valence-electron chi connectivity index (χ2n) is 11.6. The third-order valence-electron chi connectivity index (χ3n) is 6.73. The zero-order valence-electron chi connectivity index (χ0n) is 28.2. The van der Waals surface area contributed by atoms with E-state index in [1.165, 1.54) is 83.5 Å². The van der Waals surface area contributed by atoms with Gasteiger partial charge in [-0.05, 0) is 40.0 Å². The van der Waals surface area contributed by atoms with Crippen LogP contribution in [0, 0.1) is 0 Å². The molecule has 6 unspecified atom stereocenters. The molecule has 2 heterocycles. The van der Waals surface area contributed by atoms with Crippen molar-refractivity contribution in [1.29, 1.82) is 0 Å². The van der Waals surface area contributed by atoms with Crippen molar-refractivity contribution in [3.05, 3.63) is 0 Å². The molecule has 2 rings (SSSR count). The monoisotopic (exact) mass is 630 g/mol. The number of unbranched alkanes of at least 4 members (excludes halogenated alkanes) is 9. The van der Waals surface area contributed by atoms with Gasteiger partial charge < -0.3 is 39.7 Å². The average molecular weight is 631 g/mol. The molecule has 0 radical (unpaired) electrons. The summed E-state index contributed by atoms with van der Waals surface area (Å²) in [7, 11) is 0. The van der Waals surface area contributed by atoms with E-state index in [1.54, 1.807) is 0 Å². The highest BCUT2D eigenvalue weighted by atomic mass is 35.5. The van der Waals surface area contributed by atoms with Crippen molar-refractivity contribution in [1.82, 2.24) is 0 Å². The van der Waals surface area contributed by atoms with E-state index in [0.29, 0.717) is 24.2 Å². The van der Waals surface area contributed by atoms with Crippen molar-refractivity contribution in [3.63, 3.8) is 0 Å². The largest absolute Gasteiger partial charge is 0.412 e. The standard InChI is InChI=1S/C11H24O3.C11H22O2.C8H18O.C3H5ClO.H2O/c1-3-4-5-6-7-10(2)14-9-11(13)8-12;1-3-4-5-6-7-10(2)12-8-11-9-13-11;1-3-4-5-6-7-8(2)9;4-1-3-2-5-3;/h10-13H,3-9H2,1-2H3;10-11H,3-9H2,1-2H3;8-9H,3-7H2,1-2H3;3H,1-2H2;1H2. The van der Waals surface area contributed by atoms with E-state index >= 15 is 0 Å². The Bertz CT molecular complexity index is 493. The summed E-state index contributed by atoms with van der Waals surface area (Å²) in [4.78, 5) is 0. The van der Waals surface area contributed by atoms with Crippen LogP contribution in [-0.4, -0.2) is 96.3 Å². The molecular weight excluding hydrogens is 560 g/mol. The quantitative estimate of drug-likeness (QED) is 0.0656. The van der Waals surface area contributed by atoms with Crippen LogP contribution in [-0.2, 0) is 18.9 Å². The van der Waals surface area contributed by atoms with E-state index in [0.717, 1.165) is 32.7 Å². The number of rotatable bonds is 23. The van der Waals surface area contributed by atoms with Gasteiger partial charge in [-0.25, -0.2) is 0 Å². The van der Waals surface area contributed by atoms with Crippen LogP contribution in [0.3, 0.4) is 0 Å². The summed E-state index contributed by atoms with van der Waals surface area (Å²) in [5.74, 6) is 0.667. The average Bonchev–Trinajstić information content (AvgIpc) is 3.89. The summed E-state index contributed by atoms with van der Waals surface area (Å²) in [5, 5.41) is 26.5. The number of ether oxygens (including phenoxy) is 4. The molecule has 9 heteroatoms. The van der Waals surface area contributed by atoms with E-state index < -0.39 is 6.10 Å². The molecule has 42 heavy (non-hydrogen) atoms. The molecule has 258 valence electrons. The summed E-state index contributed by atoms with van der Waals surface area (Å²) < 4.78 is 20.8. The third-order valence-corrected chi connectivity index (χ3v) is 7.08. The lowest BCUT2D eigenvalue weighted by molar-refractivity contribution is -0.0254. The van der Waals surface area contributed by atoms with E-state index in [9.17, 15) is 0 Å². The van der Waals surface area contributed by atoms with Gasteiger partial charge in [0, 0.05) is 0 Å². The predicted octanol–water partition coefficient (Wildman–Crippen LogP) is 6.61. The zero-order chi connectivity index (χ0) is 31.1. The first-order valence-electron chi connectivity index (χ1n) is 16.7. The third kappa shape index (κ3) is 42.1. The second-order valence-corrected chi connectivity index (χ2v) is 11.9. The number of alkyl halides is 1. The Morgan fingerprint density at radius 2 is 1.12 bits per heavy atom. The van der Waals surface area contributed by atoms with Crippen LogP contribution in [0.25, 0.3) is 0 Å². The minimum Gasteiger partial charge on any atom is -0.412 e. The van der Waals surface area contributed by atoms with Crippen molar-refractivity contribution in [2.45, 2.75) is 174 Å². The SMILES string of the molecule is CCCCCCC(C)O.CCCCCCC(C)OCC(O)CO.CCCCCCC(C)OCC1CO1.ClCC1CO1.O. The zero-order valence-corrected chi connectivity index (χ0v) is 28.9. The predicted molar refractivity (Wildman–Crippen MR) is 176 cm³/mol. The van der Waals surface area contributed by atoms with E-state index in [2.05, 4.69) is 27.7 Å². The Morgan fingerprint density at radius 3 is 1.45 bits per heavy atom. The summed E-state index contributed by atoms with van der Waals surface area (Å²) in [6.45, 7) is 15.3. The normalized spacial score (nSPS) is 19.3. The Labute approximate surface area is 264 Å². The van der Waals surface area contributed by atoms with Crippen LogP contribution >= 0.6 is 11.6 Å². The van der Waals surface area contributed by atoms with Gasteiger partial charge in [-0.15, -0.1) is 11.6 Å². The fraction of sp³-hybridized carbons (Fsp3) is 1.00. The first-order valence-corrected chi connectivity index (χ1v) is 17.3. The fourth-order valence-electron chi connectivity index (χ4n) is 3.67. The number of hydrogen-bond donors (Lipinski definition) is 3. The van der Waals surface area contributed by atoms with Crippen LogP contribution in [0.4, 0.5) is 0 Å². The molecule has 2 aliphatic rings. The summed E-state index contributed by atoms with van der Waals surface area (Å²) in [6.07, 6.45) is 19.2. The highest BCUT2D eigenvalue weighted by molar-refractivity contribution is 6.18. The smallest absolute Gasteiger partial charge is 0.104 e. The molecule has 0 spiro atoms. The molecule has 0 aromatic carbocycles. The number of hydrogen-bond acceptors (Lipinski definition) is 7. The Morgan fingerprint density at radius 1 is 0.690 bits per heavy atom. The maximum absolute atomic E-state index is 9.04. The van der Waals surface area contributed by atoms with Crippen molar-refractivity contribution in [2.24, 2.45) is 0 Å². The summed E-state index contributed by atoms with van der Waals surface area (Å²) >= 11 is 5.27. The van der Waals surface area contributed by atoms with Crippen LogP contribution in [0.2, 0.25) is 0 Å². The van der Waals surface area contributed by atoms with Crippen molar-refractivity contribution < 1.29 is 39.7 Å². The summed E-state index contributed by atoms with van der Waals surface area (Å²) in [5.41, 5.74) is 0. The molecule has 2 fully saturated rings. The van der Waals surface area contributed by atoms with E-state index in [4.69, 9.17) is 45.9 Å². The van der Waals surface area contributed by atoms with Crippen molar-refractivity contribution in [2.75, 3.05) is 38.9 Å². The Balaban J connectivity index is -0.000000503. The molecule has 2 aliphatic heterocycles. The van der Waals surface area contributed by atoms with E-state index in [1.807, 2.05) is 13.8 Å². The Kier molecular flexibility index (Phi) is 39.2. The number of aliphatic hydroxyl groups excluding tert-OH is 3. The maximum atomic E-state index is 9.04. The molecule has 0 bridgehead atoms. The number of halogens is 1. The topological polar surface area (TPSA) is 136 Å². The van der Waals surface area contributed by atoms with Gasteiger partial charge in [-0.2, -0.15) is 0 Å². The second kappa shape index (κ2) is 35.4. The molecular formula is C33H71ClO8. The Hall–Kier alpha value is -0.0300. The van der Waals surface area contributed by atoms with Crippen LogP contribution < -0.4 is 0 Å². The first-order chi connectivity index (χ1) is 19.7. The molecule has 5 N–H and O–H groups in total. The molecule has 2 saturated heterocycles. The van der Waals surface area contributed by atoms with Gasteiger partial charge in [0.2, 0.25) is 0 Å². The maximum Gasteiger partial charge on any atom is 0.104 e. The lowest BCUT2D eigenvalue weighted by atomic mass is 10.1. The van der Waals surface area contributed by atoms with Gasteiger partial charge in [0.1, 0.15) is 12.2 Å². The highest BCUT2D eigenvalue weighted by Gasteiger charge is 2.23. The van der Waals surface area contributed by atoms with Gasteiger partial charge in [0.25, 0.3) is 0 Å². The van der Waals surface area contributed by atoms with Crippen molar-refractivity contribution >= 4 is 11.6 Å². The lowest BCUT2D eigenvalue weighted by Gasteiger charge is -2.14. The highest BCUT2D eigenvalue weighted by Crippen LogP contribution is 2.13. The fourth-order valence-corrected chi connectivity index (χ4v) is 3.85. The molecule has 0 amide bonds. The van der Waals surface area contributed by atoms with Gasteiger partial charge in [0.05, 0.1) is 63.3 Å². The van der Waals surface area contributed by atoms with Crippen LogP contribution in [0.1, 0.15) is 138 Å². The van der Waals surface area contributed by atoms with E-state index in [-0.39, 0.29) is 30.9 Å². The molecule has 0 aromatic rings.